The average molecular weight is 490 g/mol. The molecule has 3 aromatic rings. The fraction of sp³-hybridized carbons (Fsp3) is 0.391. The SMILES string of the molecule is Cc1cc(C(=O)CSc2nnc(C3CC3)n2CCC(N)=O)c(C)n1-c1ccc(OC(F)F)cc1. The Morgan fingerprint density at radius 2 is 1.91 bits per heavy atom. The number of hydrogen-bond donors (Lipinski definition) is 1. The number of carbonyl (C=O) groups excluding carboxylic acids is 2. The summed E-state index contributed by atoms with van der Waals surface area (Å²) in [4.78, 5) is 24.3. The van der Waals surface area contributed by atoms with Gasteiger partial charge in [-0.3, -0.25) is 9.59 Å². The Kier molecular flexibility index (Phi) is 7.01. The van der Waals surface area contributed by atoms with Crippen LogP contribution in [0.25, 0.3) is 5.69 Å². The summed E-state index contributed by atoms with van der Waals surface area (Å²) in [6, 6.07) is 8.08. The summed E-state index contributed by atoms with van der Waals surface area (Å²) in [5.41, 5.74) is 8.22. The van der Waals surface area contributed by atoms with Gasteiger partial charge >= 0.3 is 6.61 Å². The Morgan fingerprint density at radius 3 is 2.53 bits per heavy atom. The second-order valence-corrected chi connectivity index (χ2v) is 9.13. The molecule has 0 unspecified atom stereocenters. The molecule has 180 valence electrons. The van der Waals surface area contributed by atoms with Crippen LogP contribution in [0.2, 0.25) is 0 Å². The predicted molar refractivity (Wildman–Crippen MR) is 123 cm³/mol. The van der Waals surface area contributed by atoms with Gasteiger partial charge in [-0.05, 0) is 57.0 Å². The minimum Gasteiger partial charge on any atom is -0.435 e. The molecule has 0 atom stereocenters. The van der Waals surface area contributed by atoms with E-state index in [1.165, 1.54) is 23.9 Å². The zero-order chi connectivity index (χ0) is 24.4. The van der Waals surface area contributed by atoms with Crippen LogP contribution >= 0.6 is 11.8 Å². The van der Waals surface area contributed by atoms with Crippen LogP contribution in [0.15, 0.2) is 35.5 Å². The average Bonchev–Trinajstić information content (AvgIpc) is 3.48. The second-order valence-electron chi connectivity index (χ2n) is 8.19. The maximum absolute atomic E-state index is 13.1. The molecule has 0 spiro atoms. The molecule has 4 rings (SSSR count). The van der Waals surface area contributed by atoms with Crippen molar-refractivity contribution in [1.82, 2.24) is 19.3 Å². The molecule has 0 aliphatic heterocycles. The fourth-order valence-electron chi connectivity index (χ4n) is 3.91. The fourth-order valence-corrected chi connectivity index (χ4v) is 4.76. The topological polar surface area (TPSA) is 105 Å². The highest BCUT2D eigenvalue weighted by Gasteiger charge is 2.30. The molecular weight excluding hydrogens is 464 g/mol. The molecule has 1 aliphatic carbocycles. The van der Waals surface area contributed by atoms with Gasteiger partial charge in [-0.1, -0.05) is 11.8 Å². The van der Waals surface area contributed by atoms with E-state index < -0.39 is 12.5 Å². The number of benzene rings is 1. The molecule has 34 heavy (non-hydrogen) atoms. The summed E-state index contributed by atoms with van der Waals surface area (Å²) in [6.07, 6.45) is 2.26. The Morgan fingerprint density at radius 1 is 1.21 bits per heavy atom. The van der Waals surface area contributed by atoms with Crippen molar-refractivity contribution in [2.24, 2.45) is 5.73 Å². The first-order valence-electron chi connectivity index (χ1n) is 10.9. The number of halogens is 2. The number of Topliss-reactive ketones (excluding diaryl/α,β-unsaturated/α-hetero) is 1. The molecule has 1 saturated carbocycles. The van der Waals surface area contributed by atoms with Crippen molar-refractivity contribution in [1.29, 1.82) is 0 Å². The minimum absolute atomic E-state index is 0.0694. The number of alkyl halides is 2. The van der Waals surface area contributed by atoms with Gasteiger partial charge in [0, 0.05) is 41.5 Å². The van der Waals surface area contributed by atoms with Crippen molar-refractivity contribution in [2.45, 2.75) is 57.3 Å². The molecule has 2 heterocycles. The number of aryl methyl sites for hydroxylation is 1. The Labute approximate surface area is 199 Å². The molecule has 1 aromatic carbocycles. The van der Waals surface area contributed by atoms with Gasteiger partial charge in [0.05, 0.1) is 5.75 Å². The molecule has 2 N–H and O–H groups in total. The lowest BCUT2D eigenvalue weighted by Gasteiger charge is -2.11. The van der Waals surface area contributed by atoms with Crippen molar-refractivity contribution in [3.05, 3.63) is 53.1 Å². The van der Waals surface area contributed by atoms with Gasteiger partial charge < -0.3 is 19.6 Å². The highest BCUT2D eigenvalue weighted by atomic mass is 32.2. The van der Waals surface area contributed by atoms with Crippen LogP contribution in [0.4, 0.5) is 8.78 Å². The van der Waals surface area contributed by atoms with E-state index in [1.54, 1.807) is 12.1 Å². The van der Waals surface area contributed by atoms with Crippen LogP contribution in [0.3, 0.4) is 0 Å². The van der Waals surface area contributed by atoms with E-state index in [2.05, 4.69) is 14.9 Å². The smallest absolute Gasteiger partial charge is 0.387 e. The first-order valence-corrected chi connectivity index (χ1v) is 11.8. The number of amides is 1. The highest BCUT2D eigenvalue weighted by Crippen LogP contribution is 2.40. The van der Waals surface area contributed by atoms with E-state index in [0.717, 1.165) is 35.7 Å². The third-order valence-electron chi connectivity index (χ3n) is 5.65. The second kappa shape index (κ2) is 9.96. The lowest BCUT2D eigenvalue weighted by molar-refractivity contribution is -0.118. The Balaban J connectivity index is 1.49. The normalized spacial score (nSPS) is 13.4. The van der Waals surface area contributed by atoms with Crippen LogP contribution in [0, 0.1) is 13.8 Å². The number of hydrogen-bond acceptors (Lipinski definition) is 6. The summed E-state index contributed by atoms with van der Waals surface area (Å²) in [5.74, 6) is 0.948. The first-order chi connectivity index (χ1) is 16.2. The first kappa shape index (κ1) is 23.9. The van der Waals surface area contributed by atoms with Crippen molar-refractivity contribution < 1.29 is 23.1 Å². The van der Waals surface area contributed by atoms with E-state index in [9.17, 15) is 18.4 Å². The maximum Gasteiger partial charge on any atom is 0.387 e. The van der Waals surface area contributed by atoms with E-state index in [4.69, 9.17) is 5.73 Å². The predicted octanol–water partition coefficient (Wildman–Crippen LogP) is 4.01. The third kappa shape index (κ3) is 5.30. The van der Waals surface area contributed by atoms with E-state index in [-0.39, 0.29) is 23.7 Å². The number of ketones is 1. The maximum atomic E-state index is 13.1. The minimum atomic E-state index is -2.88. The van der Waals surface area contributed by atoms with Gasteiger partial charge in [0.1, 0.15) is 11.6 Å². The van der Waals surface area contributed by atoms with Crippen LogP contribution in [0.1, 0.15) is 52.8 Å². The van der Waals surface area contributed by atoms with Gasteiger partial charge in [0.15, 0.2) is 10.9 Å². The zero-order valence-electron chi connectivity index (χ0n) is 18.8. The summed E-state index contributed by atoms with van der Waals surface area (Å²) in [6.45, 7) is 1.23. The molecule has 1 aliphatic rings. The monoisotopic (exact) mass is 489 g/mol. The lowest BCUT2D eigenvalue weighted by Crippen LogP contribution is -2.16. The molecule has 2 aromatic heterocycles. The Hall–Kier alpha value is -3.21. The van der Waals surface area contributed by atoms with Crippen molar-refractivity contribution in [3.8, 4) is 11.4 Å². The van der Waals surface area contributed by atoms with Crippen LogP contribution in [-0.4, -0.2) is 43.4 Å². The number of carbonyl (C=O) groups is 2. The third-order valence-corrected chi connectivity index (χ3v) is 6.62. The van der Waals surface area contributed by atoms with Gasteiger partial charge in [-0.15, -0.1) is 10.2 Å². The lowest BCUT2D eigenvalue weighted by atomic mass is 10.2. The summed E-state index contributed by atoms with van der Waals surface area (Å²) in [7, 11) is 0. The van der Waals surface area contributed by atoms with Crippen molar-refractivity contribution in [2.75, 3.05) is 5.75 Å². The van der Waals surface area contributed by atoms with Gasteiger partial charge in [0.25, 0.3) is 0 Å². The van der Waals surface area contributed by atoms with E-state index in [0.29, 0.717) is 23.2 Å². The molecule has 0 saturated heterocycles. The van der Waals surface area contributed by atoms with Gasteiger partial charge in [-0.25, -0.2) is 0 Å². The quantitative estimate of drug-likeness (QED) is 0.322. The number of primary amides is 1. The highest BCUT2D eigenvalue weighted by molar-refractivity contribution is 7.99. The molecule has 11 heteroatoms. The number of aromatic nitrogens is 4. The van der Waals surface area contributed by atoms with Crippen LogP contribution < -0.4 is 10.5 Å². The molecule has 1 amide bonds. The number of nitrogens with zero attached hydrogens (tertiary/aromatic N) is 4. The van der Waals surface area contributed by atoms with Crippen molar-refractivity contribution in [3.63, 3.8) is 0 Å². The molecule has 8 nitrogen and oxygen atoms in total. The van der Waals surface area contributed by atoms with Crippen LogP contribution in [-0.2, 0) is 11.3 Å². The van der Waals surface area contributed by atoms with Gasteiger partial charge in [0.2, 0.25) is 5.91 Å². The van der Waals surface area contributed by atoms with Crippen molar-refractivity contribution >= 4 is 23.5 Å². The summed E-state index contributed by atoms with van der Waals surface area (Å²) in [5, 5.41) is 9.12. The molecule has 0 bridgehead atoms. The summed E-state index contributed by atoms with van der Waals surface area (Å²) >= 11 is 1.29. The standard InChI is InChI=1S/C23H25F2N5O3S/c1-13-11-18(14(2)30(13)16-5-7-17(8-6-16)33-22(24)25)19(31)12-34-23-28-27-21(15-3-4-15)29(23)10-9-20(26)32/h5-8,11,15,22H,3-4,9-10,12H2,1-2H3,(H2,26,32). The van der Waals surface area contributed by atoms with E-state index in [1.807, 2.05) is 29.0 Å². The summed E-state index contributed by atoms with van der Waals surface area (Å²) < 4.78 is 33.0. The number of ether oxygens (including phenoxy) is 1. The largest absolute Gasteiger partial charge is 0.435 e. The Bertz CT molecular complexity index is 1200. The van der Waals surface area contributed by atoms with E-state index >= 15 is 0 Å². The van der Waals surface area contributed by atoms with Crippen LogP contribution in [0.5, 0.6) is 5.75 Å². The number of thioether (sulfide) groups is 1. The number of rotatable bonds is 11. The molecule has 1 fully saturated rings. The molecular formula is C23H25F2N5O3S. The number of nitrogens with two attached hydrogens (primary N) is 1. The van der Waals surface area contributed by atoms with Gasteiger partial charge in [-0.2, -0.15) is 8.78 Å². The molecule has 0 radical (unpaired) electrons. The zero-order valence-corrected chi connectivity index (χ0v) is 19.6.